The number of aromatic nitrogens is 2. The van der Waals surface area contributed by atoms with E-state index in [4.69, 9.17) is 0 Å². The molecular weight excluding hydrogens is 296 g/mol. The van der Waals surface area contributed by atoms with Gasteiger partial charge in [0, 0.05) is 11.0 Å². The number of imidazole rings is 1. The van der Waals surface area contributed by atoms with Gasteiger partial charge in [-0.15, -0.1) is 0 Å². The number of benzene rings is 1. The summed E-state index contributed by atoms with van der Waals surface area (Å²) in [6.45, 7) is 5.26. The van der Waals surface area contributed by atoms with Crippen molar-refractivity contribution in [3.63, 3.8) is 0 Å². The summed E-state index contributed by atoms with van der Waals surface area (Å²) in [4.78, 5) is 4.49. The van der Waals surface area contributed by atoms with Crippen molar-refractivity contribution in [3.8, 4) is 11.3 Å². The monoisotopic (exact) mass is 310 g/mol. The van der Waals surface area contributed by atoms with Crippen LogP contribution in [0.4, 0.5) is 0 Å². The Morgan fingerprint density at radius 2 is 1.94 bits per heavy atom. The lowest BCUT2D eigenvalue weighted by atomic mass is 10.2. The van der Waals surface area contributed by atoms with Crippen molar-refractivity contribution in [2.45, 2.75) is 25.5 Å². The predicted molar refractivity (Wildman–Crippen MR) is 77.4 cm³/mol. The fourth-order valence-corrected chi connectivity index (χ4v) is 2.79. The lowest BCUT2D eigenvalue weighted by molar-refractivity contribution is 0.688. The standard InChI is InChI=1S/C13H15BrN2S/c1-3-16-12(9-15-13(16)17-4-2)10-5-7-11(14)8-6-10/h5-9H,3-4H2,1-2H3. The molecule has 90 valence electrons. The van der Waals surface area contributed by atoms with Crippen LogP contribution in [0, 0.1) is 0 Å². The van der Waals surface area contributed by atoms with Gasteiger partial charge in [-0.25, -0.2) is 4.98 Å². The highest BCUT2D eigenvalue weighted by Crippen LogP contribution is 2.26. The molecule has 2 rings (SSSR count). The molecule has 0 radical (unpaired) electrons. The molecule has 0 atom stereocenters. The molecule has 2 nitrogen and oxygen atoms in total. The molecule has 0 bridgehead atoms. The Hall–Kier alpha value is -0.740. The van der Waals surface area contributed by atoms with Gasteiger partial charge >= 0.3 is 0 Å². The van der Waals surface area contributed by atoms with Crippen molar-refractivity contribution in [2.75, 3.05) is 5.75 Å². The summed E-state index contributed by atoms with van der Waals surface area (Å²) in [7, 11) is 0. The van der Waals surface area contributed by atoms with E-state index in [1.165, 1.54) is 11.3 Å². The highest BCUT2D eigenvalue weighted by molar-refractivity contribution is 9.10. The molecule has 17 heavy (non-hydrogen) atoms. The fourth-order valence-electron chi connectivity index (χ4n) is 1.76. The zero-order valence-corrected chi connectivity index (χ0v) is 12.4. The first-order chi connectivity index (χ1) is 8.26. The van der Waals surface area contributed by atoms with E-state index < -0.39 is 0 Å². The summed E-state index contributed by atoms with van der Waals surface area (Å²) < 4.78 is 3.36. The lowest BCUT2D eigenvalue weighted by Gasteiger charge is -2.08. The van der Waals surface area contributed by atoms with E-state index in [0.29, 0.717) is 0 Å². The molecular formula is C13H15BrN2S. The maximum Gasteiger partial charge on any atom is 0.168 e. The van der Waals surface area contributed by atoms with Gasteiger partial charge in [0.05, 0.1) is 11.9 Å². The van der Waals surface area contributed by atoms with Gasteiger partial charge in [-0.2, -0.15) is 0 Å². The Bertz CT molecular complexity index is 491. The first-order valence-corrected chi connectivity index (χ1v) is 7.48. The number of halogens is 1. The number of rotatable bonds is 4. The van der Waals surface area contributed by atoms with Gasteiger partial charge in [-0.1, -0.05) is 46.7 Å². The van der Waals surface area contributed by atoms with Gasteiger partial charge in [0.1, 0.15) is 0 Å². The van der Waals surface area contributed by atoms with Crippen LogP contribution in [0.5, 0.6) is 0 Å². The molecule has 0 saturated heterocycles. The second-order valence-corrected chi connectivity index (χ2v) is 5.76. The van der Waals surface area contributed by atoms with Crippen molar-refractivity contribution in [1.82, 2.24) is 9.55 Å². The minimum Gasteiger partial charge on any atom is -0.319 e. The SMILES string of the molecule is CCSc1ncc(-c2ccc(Br)cc2)n1CC. The second-order valence-electron chi connectivity index (χ2n) is 3.61. The molecule has 0 aliphatic carbocycles. The minimum absolute atomic E-state index is 0.952. The smallest absolute Gasteiger partial charge is 0.168 e. The molecule has 1 aromatic carbocycles. The molecule has 0 fully saturated rings. The van der Waals surface area contributed by atoms with Crippen LogP contribution in [-0.4, -0.2) is 15.3 Å². The third kappa shape index (κ3) is 2.75. The molecule has 0 aliphatic rings. The molecule has 0 amide bonds. The van der Waals surface area contributed by atoms with Crippen molar-refractivity contribution < 1.29 is 0 Å². The van der Waals surface area contributed by atoms with Crippen molar-refractivity contribution in [1.29, 1.82) is 0 Å². The zero-order valence-electron chi connectivity index (χ0n) is 9.98. The van der Waals surface area contributed by atoms with Gasteiger partial charge in [0.2, 0.25) is 0 Å². The number of hydrogen-bond donors (Lipinski definition) is 0. The maximum atomic E-state index is 4.49. The average molecular weight is 311 g/mol. The first-order valence-electron chi connectivity index (χ1n) is 5.70. The maximum absolute atomic E-state index is 4.49. The summed E-state index contributed by atoms with van der Waals surface area (Å²) in [6, 6.07) is 8.37. The molecule has 2 aromatic rings. The van der Waals surface area contributed by atoms with Crippen LogP contribution in [0.1, 0.15) is 13.8 Å². The van der Waals surface area contributed by atoms with E-state index in [0.717, 1.165) is 21.9 Å². The largest absolute Gasteiger partial charge is 0.319 e. The molecule has 1 heterocycles. The predicted octanol–water partition coefficient (Wildman–Crippen LogP) is 4.44. The van der Waals surface area contributed by atoms with Crippen LogP contribution in [0.2, 0.25) is 0 Å². The van der Waals surface area contributed by atoms with Crippen molar-refractivity contribution in [2.24, 2.45) is 0 Å². The third-order valence-corrected chi connectivity index (χ3v) is 3.95. The van der Waals surface area contributed by atoms with Crippen molar-refractivity contribution in [3.05, 3.63) is 34.9 Å². The van der Waals surface area contributed by atoms with Crippen LogP contribution < -0.4 is 0 Å². The molecule has 1 aromatic heterocycles. The van der Waals surface area contributed by atoms with Crippen LogP contribution in [0.25, 0.3) is 11.3 Å². The molecule has 0 N–H and O–H groups in total. The van der Waals surface area contributed by atoms with E-state index >= 15 is 0 Å². The molecule has 0 saturated carbocycles. The van der Waals surface area contributed by atoms with Gasteiger partial charge in [-0.05, 0) is 30.4 Å². The highest BCUT2D eigenvalue weighted by Gasteiger charge is 2.09. The lowest BCUT2D eigenvalue weighted by Crippen LogP contribution is -1.99. The summed E-state index contributed by atoms with van der Waals surface area (Å²) in [5.74, 6) is 1.05. The quantitative estimate of drug-likeness (QED) is 0.777. The molecule has 0 spiro atoms. The molecule has 4 heteroatoms. The van der Waals surface area contributed by atoms with Crippen LogP contribution >= 0.6 is 27.7 Å². The summed E-state index contributed by atoms with van der Waals surface area (Å²) in [6.07, 6.45) is 1.96. The van der Waals surface area contributed by atoms with Gasteiger partial charge in [0.15, 0.2) is 5.16 Å². The number of hydrogen-bond acceptors (Lipinski definition) is 2. The fraction of sp³-hybridized carbons (Fsp3) is 0.308. The molecule has 0 unspecified atom stereocenters. The normalized spacial score (nSPS) is 10.8. The number of nitrogens with zero attached hydrogens (tertiary/aromatic N) is 2. The molecule has 0 aliphatic heterocycles. The van der Waals surface area contributed by atoms with Gasteiger partial charge in [0.25, 0.3) is 0 Å². The number of thioether (sulfide) groups is 1. The Kier molecular flexibility index (Phi) is 4.29. The van der Waals surface area contributed by atoms with E-state index in [1.54, 1.807) is 11.8 Å². The van der Waals surface area contributed by atoms with Crippen LogP contribution in [0.15, 0.2) is 40.1 Å². The van der Waals surface area contributed by atoms with E-state index in [1.807, 2.05) is 6.20 Å². The van der Waals surface area contributed by atoms with Gasteiger partial charge in [-0.3, -0.25) is 0 Å². The Balaban J connectivity index is 2.41. The van der Waals surface area contributed by atoms with Crippen LogP contribution in [0.3, 0.4) is 0 Å². The second kappa shape index (κ2) is 5.74. The summed E-state index contributed by atoms with van der Waals surface area (Å²) in [5.41, 5.74) is 2.40. The first kappa shape index (κ1) is 12.7. The Labute approximate surface area is 115 Å². The zero-order chi connectivity index (χ0) is 12.3. The van der Waals surface area contributed by atoms with Crippen molar-refractivity contribution >= 4 is 27.7 Å². The summed E-state index contributed by atoms with van der Waals surface area (Å²) >= 11 is 5.24. The topological polar surface area (TPSA) is 17.8 Å². The minimum atomic E-state index is 0.952. The summed E-state index contributed by atoms with van der Waals surface area (Å²) in [5, 5.41) is 1.10. The Morgan fingerprint density at radius 1 is 1.24 bits per heavy atom. The van der Waals surface area contributed by atoms with E-state index in [-0.39, 0.29) is 0 Å². The van der Waals surface area contributed by atoms with Crippen LogP contribution in [-0.2, 0) is 6.54 Å². The third-order valence-electron chi connectivity index (χ3n) is 2.55. The van der Waals surface area contributed by atoms with E-state index in [2.05, 4.69) is 63.6 Å². The van der Waals surface area contributed by atoms with Gasteiger partial charge < -0.3 is 4.57 Å². The highest BCUT2D eigenvalue weighted by atomic mass is 79.9. The average Bonchev–Trinajstić information content (AvgIpc) is 2.73. The Morgan fingerprint density at radius 3 is 2.53 bits per heavy atom. The van der Waals surface area contributed by atoms with E-state index in [9.17, 15) is 0 Å².